The van der Waals surface area contributed by atoms with Crippen LogP contribution in [-0.2, 0) is 17.8 Å². The standard InChI is InChI=1S/C21H21ClN4O3/c22-16-2-4-20-23-17(13-26(20)12-16)10-21(27)25-7-5-24(6-8-25)11-15-1-3-18-19(9-15)29-14-28-18/h1-4,9,12-13H,5-8,10-11,14H2. The van der Waals surface area contributed by atoms with Gasteiger partial charge in [-0.05, 0) is 29.8 Å². The highest BCUT2D eigenvalue weighted by atomic mass is 35.5. The van der Waals surface area contributed by atoms with Crippen molar-refractivity contribution >= 4 is 23.2 Å². The predicted molar refractivity (Wildman–Crippen MR) is 108 cm³/mol. The van der Waals surface area contributed by atoms with Crippen LogP contribution in [0.15, 0.2) is 42.7 Å². The molecule has 2 aliphatic rings. The second-order valence-electron chi connectivity index (χ2n) is 7.37. The highest BCUT2D eigenvalue weighted by molar-refractivity contribution is 6.30. The van der Waals surface area contributed by atoms with E-state index in [0.29, 0.717) is 18.2 Å². The quantitative estimate of drug-likeness (QED) is 0.659. The molecule has 0 bridgehead atoms. The summed E-state index contributed by atoms with van der Waals surface area (Å²) in [6.45, 7) is 4.28. The van der Waals surface area contributed by atoms with Crippen LogP contribution in [0.1, 0.15) is 11.3 Å². The fourth-order valence-corrected chi connectivity index (χ4v) is 3.99. The number of pyridine rings is 1. The van der Waals surface area contributed by atoms with Gasteiger partial charge in [0.2, 0.25) is 12.7 Å². The number of benzene rings is 1. The van der Waals surface area contributed by atoms with E-state index in [0.717, 1.165) is 55.6 Å². The number of aromatic nitrogens is 2. The highest BCUT2D eigenvalue weighted by Gasteiger charge is 2.22. The van der Waals surface area contributed by atoms with Crippen LogP contribution in [0, 0.1) is 0 Å². The molecule has 0 spiro atoms. The fourth-order valence-electron chi connectivity index (χ4n) is 3.82. The van der Waals surface area contributed by atoms with Crippen LogP contribution >= 0.6 is 11.6 Å². The topological polar surface area (TPSA) is 59.3 Å². The number of rotatable bonds is 4. The summed E-state index contributed by atoms with van der Waals surface area (Å²) >= 11 is 6.01. The van der Waals surface area contributed by atoms with Crippen LogP contribution in [0.4, 0.5) is 0 Å². The normalized spacial score (nSPS) is 16.5. The summed E-state index contributed by atoms with van der Waals surface area (Å²) in [5.74, 6) is 1.73. The highest BCUT2D eigenvalue weighted by Crippen LogP contribution is 2.32. The molecule has 0 atom stereocenters. The van der Waals surface area contributed by atoms with Gasteiger partial charge in [0.25, 0.3) is 0 Å². The first-order valence-corrected chi connectivity index (χ1v) is 10.0. The van der Waals surface area contributed by atoms with E-state index in [1.807, 2.05) is 33.7 Å². The first kappa shape index (κ1) is 18.3. The Labute approximate surface area is 173 Å². The number of hydrogen-bond donors (Lipinski definition) is 0. The van der Waals surface area contributed by atoms with Crippen LogP contribution in [-0.4, -0.2) is 58.1 Å². The van der Waals surface area contributed by atoms with Crippen molar-refractivity contribution in [2.24, 2.45) is 0 Å². The van der Waals surface area contributed by atoms with Gasteiger partial charge in [-0.3, -0.25) is 9.69 Å². The van der Waals surface area contributed by atoms with E-state index in [4.69, 9.17) is 21.1 Å². The van der Waals surface area contributed by atoms with Crippen LogP contribution in [0.5, 0.6) is 11.5 Å². The van der Waals surface area contributed by atoms with Crippen LogP contribution < -0.4 is 9.47 Å². The van der Waals surface area contributed by atoms with E-state index in [2.05, 4.69) is 16.0 Å². The zero-order chi connectivity index (χ0) is 19.8. The molecule has 0 N–H and O–H groups in total. The van der Waals surface area contributed by atoms with Crippen molar-refractivity contribution in [1.29, 1.82) is 0 Å². The molecule has 1 aromatic carbocycles. The Morgan fingerprint density at radius 3 is 2.72 bits per heavy atom. The second-order valence-corrected chi connectivity index (χ2v) is 7.80. The lowest BCUT2D eigenvalue weighted by atomic mass is 10.1. The molecule has 0 radical (unpaired) electrons. The van der Waals surface area contributed by atoms with E-state index in [1.165, 1.54) is 5.56 Å². The number of hydrogen-bond acceptors (Lipinski definition) is 5. The third-order valence-electron chi connectivity index (χ3n) is 5.37. The van der Waals surface area contributed by atoms with E-state index in [9.17, 15) is 4.79 Å². The minimum atomic E-state index is 0.113. The van der Waals surface area contributed by atoms with Gasteiger partial charge in [-0.2, -0.15) is 0 Å². The summed E-state index contributed by atoms with van der Waals surface area (Å²) in [6, 6.07) is 9.72. The fraction of sp³-hybridized carbons (Fsp3) is 0.333. The third kappa shape index (κ3) is 3.88. The monoisotopic (exact) mass is 412 g/mol. The molecule has 3 aromatic rings. The van der Waals surface area contributed by atoms with Gasteiger partial charge in [-0.25, -0.2) is 4.98 Å². The Balaban J connectivity index is 1.16. The van der Waals surface area contributed by atoms with E-state index < -0.39 is 0 Å². The van der Waals surface area contributed by atoms with Gasteiger partial charge in [-0.15, -0.1) is 0 Å². The Morgan fingerprint density at radius 2 is 1.86 bits per heavy atom. The van der Waals surface area contributed by atoms with Crippen molar-refractivity contribution < 1.29 is 14.3 Å². The van der Waals surface area contributed by atoms with Crippen LogP contribution in [0.2, 0.25) is 5.02 Å². The van der Waals surface area contributed by atoms with Gasteiger partial charge in [-0.1, -0.05) is 17.7 Å². The molecule has 0 aliphatic carbocycles. The summed E-state index contributed by atoms with van der Waals surface area (Å²) in [5, 5.41) is 0.645. The zero-order valence-corrected chi connectivity index (χ0v) is 16.6. The molecule has 7 nitrogen and oxygen atoms in total. The molecule has 8 heteroatoms. The van der Waals surface area contributed by atoms with Gasteiger partial charge in [0.15, 0.2) is 11.5 Å². The number of carbonyl (C=O) groups excluding carboxylic acids is 1. The number of fused-ring (bicyclic) bond motifs is 2. The Bertz CT molecular complexity index is 1060. The first-order chi connectivity index (χ1) is 14.1. The number of ether oxygens (including phenoxy) is 2. The number of nitrogens with zero attached hydrogens (tertiary/aromatic N) is 4. The second kappa shape index (κ2) is 7.57. The maximum absolute atomic E-state index is 12.7. The molecule has 4 heterocycles. The van der Waals surface area contributed by atoms with Gasteiger partial charge in [0.05, 0.1) is 17.1 Å². The lowest BCUT2D eigenvalue weighted by molar-refractivity contribution is -0.132. The molecule has 0 unspecified atom stereocenters. The summed E-state index contributed by atoms with van der Waals surface area (Å²) in [6.07, 6.45) is 3.98. The molecule has 1 amide bonds. The van der Waals surface area contributed by atoms with Crippen molar-refractivity contribution in [3.05, 3.63) is 59.0 Å². The van der Waals surface area contributed by atoms with Gasteiger partial charge in [0, 0.05) is 45.1 Å². The van der Waals surface area contributed by atoms with Crippen LogP contribution in [0.3, 0.4) is 0 Å². The van der Waals surface area contributed by atoms with Crippen molar-refractivity contribution in [3.8, 4) is 11.5 Å². The van der Waals surface area contributed by atoms with Crippen LogP contribution in [0.25, 0.3) is 5.65 Å². The minimum absolute atomic E-state index is 0.113. The lowest BCUT2D eigenvalue weighted by Crippen LogP contribution is -2.48. The Morgan fingerprint density at radius 1 is 1.03 bits per heavy atom. The maximum Gasteiger partial charge on any atom is 0.231 e. The van der Waals surface area contributed by atoms with Gasteiger partial charge >= 0.3 is 0 Å². The number of amides is 1. The minimum Gasteiger partial charge on any atom is -0.454 e. The molecule has 1 saturated heterocycles. The Hall–Kier alpha value is -2.77. The summed E-state index contributed by atoms with van der Waals surface area (Å²) in [5.41, 5.74) is 2.75. The van der Waals surface area contributed by atoms with Gasteiger partial charge < -0.3 is 18.8 Å². The summed E-state index contributed by atoms with van der Waals surface area (Å²) in [7, 11) is 0. The molecule has 2 aliphatic heterocycles. The van der Waals surface area contributed by atoms with E-state index in [-0.39, 0.29) is 5.91 Å². The summed E-state index contributed by atoms with van der Waals surface area (Å²) < 4.78 is 12.7. The number of carbonyl (C=O) groups is 1. The lowest BCUT2D eigenvalue weighted by Gasteiger charge is -2.34. The van der Waals surface area contributed by atoms with Crippen molar-refractivity contribution in [2.75, 3.05) is 33.0 Å². The average Bonchev–Trinajstić information content (AvgIpc) is 3.34. The smallest absolute Gasteiger partial charge is 0.231 e. The molecular formula is C21H21ClN4O3. The average molecular weight is 413 g/mol. The zero-order valence-electron chi connectivity index (χ0n) is 15.9. The first-order valence-electron chi connectivity index (χ1n) is 9.66. The van der Waals surface area contributed by atoms with Crippen molar-refractivity contribution in [2.45, 2.75) is 13.0 Å². The number of piperazine rings is 1. The van der Waals surface area contributed by atoms with E-state index in [1.54, 1.807) is 12.3 Å². The SMILES string of the molecule is O=C(Cc1cn2cc(Cl)ccc2n1)N1CCN(Cc2ccc3c(c2)OCO3)CC1. The maximum atomic E-state index is 12.7. The van der Waals surface area contributed by atoms with Gasteiger partial charge in [0.1, 0.15) is 5.65 Å². The number of imidazole rings is 1. The molecule has 5 rings (SSSR count). The predicted octanol–water partition coefficient (Wildman–Crippen LogP) is 2.60. The molecular weight excluding hydrogens is 392 g/mol. The molecule has 1 fully saturated rings. The molecule has 2 aromatic heterocycles. The Kier molecular flexibility index (Phi) is 4.77. The molecule has 29 heavy (non-hydrogen) atoms. The van der Waals surface area contributed by atoms with E-state index >= 15 is 0 Å². The largest absolute Gasteiger partial charge is 0.454 e. The number of halogens is 1. The molecule has 0 saturated carbocycles. The van der Waals surface area contributed by atoms with Crippen molar-refractivity contribution in [1.82, 2.24) is 19.2 Å². The molecule has 150 valence electrons. The van der Waals surface area contributed by atoms with Crippen molar-refractivity contribution in [3.63, 3.8) is 0 Å². The summed E-state index contributed by atoms with van der Waals surface area (Å²) in [4.78, 5) is 21.5. The third-order valence-corrected chi connectivity index (χ3v) is 5.59.